The molecule has 0 fully saturated rings. The first-order valence-electron chi connectivity index (χ1n) is 21.5. The molecule has 0 amide bonds. The monoisotopic (exact) mass is 822 g/mol. The predicted octanol–water partition coefficient (Wildman–Crippen LogP) is 17.4. The molecule has 6 heteroatoms. The van der Waals surface area contributed by atoms with Gasteiger partial charge in [-0.05, 0) is 117 Å². The van der Waals surface area contributed by atoms with Gasteiger partial charge in [-0.1, -0.05) is 97.1 Å². The topological polar surface area (TPSA) is 59.0 Å². The smallest absolute Gasteiger partial charge is 0.205 e. The van der Waals surface area contributed by atoms with Gasteiger partial charge in [-0.15, -0.1) is 0 Å². The molecule has 0 unspecified atom stereocenters. The Labute approximate surface area is 364 Å². The Balaban J connectivity index is 0.876. The minimum Gasteiger partial charge on any atom is -0.456 e. The van der Waals surface area contributed by atoms with Crippen LogP contribution in [0.3, 0.4) is 0 Å². The first-order chi connectivity index (χ1) is 31.6. The van der Waals surface area contributed by atoms with Gasteiger partial charge in [0.15, 0.2) is 0 Å². The van der Waals surface area contributed by atoms with Crippen LogP contribution in [0.5, 0.6) is 0 Å². The van der Waals surface area contributed by atoms with Gasteiger partial charge in [-0.2, -0.15) is 0 Å². The van der Waals surface area contributed by atoms with E-state index in [1.807, 2.05) is 36.4 Å². The third-order valence-corrected chi connectivity index (χ3v) is 12.8. The van der Waals surface area contributed by atoms with E-state index in [0.717, 1.165) is 122 Å². The van der Waals surface area contributed by atoms with Gasteiger partial charge in [0.2, 0.25) is 11.8 Å². The van der Waals surface area contributed by atoms with Crippen LogP contribution < -0.4 is 9.80 Å². The fraction of sp³-hybridized carbons (Fsp3) is 0. The molecular formula is C58H34N2O4. The molecule has 14 rings (SSSR count). The molecule has 0 aliphatic heterocycles. The van der Waals surface area contributed by atoms with Crippen molar-refractivity contribution in [3.63, 3.8) is 0 Å². The first-order valence-corrected chi connectivity index (χ1v) is 21.5. The number of para-hydroxylation sites is 2. The second kappa shape index (κ2) is 13.4. The summed E-state index contributed by atoms with van der Waals surface area (Å²) in [7, 11) is 0. The molecular weight excluding hydrogens is 789 g/mol. The van der Waals surface area contributed by atoms with Gasteiger partial charge in [0.1, 0.15) is 33.5 Å². The van der Waals surface area contributed by atoms with Crippen molar-refractivity contribution < 1.29 is 17.7 Å². The van der Waals surface area contributed by atoms with E-state index in [0.29, 0.717) is 0 Å². The van der Waals surface area contributed by atoms with Crippen LogP contribution in [0.4, 0.5) is 34.5 Å². The van der Waals surface area contributed by atoms with Crippen LogP contribution in [0.15, 0.2) is 224 Å². The van der Waals surface area contributed by atoms with Gasteiger partial charge in [-0.3, -0.25) is 9.80 Å². The number of rotatable bonds is 6. The summed E-state index contributed by atoms with van der Waals surface area (Å²) >= 11 is 0. The van der Waals surface area contributed by atoms with Gasteiger partial charge >= 0.3 is 0 Å². The molecule has 0 aliphatic carbocycles. The number of furan rings is 4. The zero-order chi connectivity index (χ0) is 41.9. The lowest BCUT2D eigenvalue weighted by atomic mass is 10.0. The highest BCUT2D eigenvalue weighted by molar-refractivity contribution is 6.16. The number of fused-ring (bicyclic) bond motifs is 11. The van der Waals surface area contributed by atoms with Crippen LogP contribution in [-0.2, 0) is 0 Å². The largest absolute Gasteiger partial charge is 0.456 e. The normalized spacial score (nSPS) is 12.1. The summed E-state index contributed by atoms with van der Waals surface area (Å²) < 4.78 is 26.4. The van der Waals surface area contributed by atoms with E-state index >= 15 is 0 Å². The molecule has 0 aliphatic rings. The zero-order valence-corrected chi connectivity index (χ0v) is 34.2. The SMILES string of the molecule is c1ccc2cc(N(c3ccc4c(c3)oc3cc5cc6c(cc5cc34)oc3cc(N(c4ccc5ccccc5c4)c4cc5ccccc5o4)ccc36)c3cc4ccccc4o3)ccc2c1. The van der Waals surface area contributed by atoms with Crippen LogP contribution in [0, 0.1) is 0 Å². The lowest BCUT2D eigenvalue weighted by Crippen LogP contribution is -2.08. The van der Waals surface area contributed by atoms with Crippen molar-refractivity contribution in [2.45, 2.75) is 0 Å². The van der Waals surface area contributed by atoms with Gasteiger partial charge in [0, 0.05) is 68.0 Å². The Bertz CT molecular complexity index is 3850. The number of benzene rings is 10. The van der Waals surface area contributed by atoms with E-state index < -0.39 is 0 Å². The molecule has 0 saturated heterocycles. The third kappa shape index (κ3) is 5.46. The number of nitrogens with zero attached hydrogens (tertiary/aromatic N) is 2. The first kappa shape index (κ1) is 34.9. The highest BCUT2D eigenvalue weighted by Crippen LogP contribution is 2.45. The van der Waals surface area contributed by atoms with Gasteiger partial charge in [0.25, 0.3) is 0 Å². The fourth-order valence-electron chi connectivity index (χ4n) is 9.64. The van der Waals surface area contributed by atoms with E-state index in [1.165, 1.54) is 10.8 Å². The minimum atomic E-state index is 0.732. The van der Waals surface area contributed by atoms with Crippen molar-refractivity contribution in [2.24, 2.45) is 0 Å². The molecule has 300 valence electrons. The molecule has 4 aromatic heterocycles. The van der Waals surface area contributed by atoms with Crippen molar-refractivity contribution in [1.29, 1.82) is 0 Å². The summed E-state index contributed by atoms with van der Waals surface area (Å²) in [5.74, 6) is 1.46. The maximum absolute atomic E-state index is 6.71. The second-order valence-corrected chi connectivity index (χ2v) is 16.6. The van der Waals surface area contributed by atoms with Crippen LogP contribution in [0.2, 0.25) is 0 Å². The van der Waals surface area contributed by atoms with Crippen LogP contribution in [-0.4, -0.2) is 0 Å². The molecule has 64 heavy (non-hydrogen) atoms. The van der Waals surface area contributed by atoms with Crippen molar-refractivity contribution in [2.75, 3.05) is 9.80 Å². The quantitative estimate of drug-likeness (QED) is 0.166. The Morgan fingerprint density at radius 1 is 0.219 bits per heavy atom. The van der Waals surface area contributed by atoms with Crippen LogP contribution in [0.1, 0.15) is 0 Å². The average molecular weight is 823 g/mol. The molecule has 0 N–H and O–H groups in total. The number of hydrogen-bond acceptors (Lipinski definition) is 6. The van der Waals surface area contributed by atoms with Crippen molar-refractivity contribution in [3.8, 4) is 0 Å². The van der Waals surface area contributed by atoms with Crippen molar-refractivity contribution in [3.05, 3.63) is 206 Å². The molecule has 0 saturated carbocycles. The Morgan fingerprint density at radius 2 is 0.594 bits per heavy atom. The van der Waals surface area contributed by atoms with Gasteiger partial charge in [0.05, 0.1) is 11.4 Å². The number of hydrogen-bond donors (Lipinski definition) is 0. The van der Waals surface area contributed by atoms with Crippen molar-refractivity contribution in [1.82, 2.24) is 0 Å². The van der Waals surface area contributed by atoms with E-state index in [2.05, 4.69) is 180 Å². The Morgan fingerprint density at radius 3 is 1.05 bits per heavy atom. The lowest BCUT2D eigenvalue weighted by Gasteiger charge is -2.22. The summed E-state index contributed by atoms with van der Waals surface area (Å²) in [6.07, 6.45) is 0. The highest BCUT2D eigenvalue weighted by atomic mass is 16.4. The molecule has 0 atom stereocenters. The zero-order valence-electron chi connectivity index (χ0n) is 34.2. The van der Waals surface area contributed by atoms with Crippen LogP contribution >= 0.6 is 0 Å². The fourth-order valence-corrected chi connectivity index (χ4v) is 9.64. The number of anilines is 6. The molecule has 0 spiro atoms. The highest BCUT2D eigenvalue weighted by Gasteiger charge is 2.22. The summed E-state index contributed by atoms with van der Waals surface area (Å²) in [5, 5.41) is 13.1. The standard InChI is InChI=1S/C58H34N2O4/c1-3-11-37-25-43(19-17-35(37)9-1)59(57-31-39-13-5-7-15-51(39)63-57)45-21-23-47-49-27-41-30-54-50(28-42(41)29-53(49)61-55(47)33-45)48-24-22-46(34-56(48)62-54)60(58-32-40-14-6-8-16-52(40)64-58)44-20-18-36-10-2-4-12-38(36)26-44/h1-34H. The van der Waals surface area contributed by atoms with Crippen LogP contribution in [0.25, 0.3) is 98.1 Å². The second-order valence-electron chi connectivity index (χ2n) is 16.6. The van der Waals surface area contributed by atoms with E-state index in [-0.39, 0.29) is 0 Å². The molecule has 0 bridgehead atoms. The molecule has 14 aromatic rings. The summed E-state index contributed by atoms with van der Waals surface area (Å²) in [5.41, 5.74) is 8.79. The molecule has 10 aromatic carbocycles. The Hall–Kier alpha value is -8.74. The van der Waals surface area contributed by atoms with E-state index in [1.54, 1.807) is 0 Å². The summed E-state index contributed by atoms with van der Waals surface area (Å²) in [6.45, 7) is 0. The summed E-state index contributed by atoms with van der Waals surface area (Å²) in [6, 6.07) is 71.9. The predicted molar refractivity (Wildman–Crippen MR) is 262 cm³/mol. The lowest BCUT2D eigenvalue weighted by molar-refractivity contribution is 0.620. The maximum Gasteiger partial charge on any atom is 0.205 e. The summed E-state index contributed by atoms with van der Waals surface area (Å²) in [4.78, 5) is 4.33. The molecule has 0 radical (unpaired) electrons. The Kier molecular flexibility index (Phi) is 7.30. The third-order valence-electron chi connectivity index (χ3n) is 12.8. The molecule has 4 heterocycles. The average Bonchev–Trinajstić information content (AvgIpc) is 4.12. The van der Waals surface area contributed by atoms with E-state index in [9.17, 15) is 0 Å². The minimum absolute atomic E-state index is 0.732. The molecule has 6 nitrogen and oxygen atoms in total. The maximum atomic E-state index is 6.71. The van der Waals surface area contributed by atoms with Crippen molar-refractivity contribution >= 4 is 133 Å². The van der Waals surface area contributed by atoms with Gasteiger partial charge < -0.3 is 17.7 Å². The van der Waals surface area contributed by atoms with Gasteiger partial charge in [-0.25, -0.2) is 0 Å². The van der Waals surface area contributed by atoms with E-state index in [4.69, 9.17) is 17.7 Å².